The van der Waals surface area contributed by atoms with Gasteiger partial charge in [-0.2, -0.15) is 0 Å². The zero-order chi connectivity index (χ0) is 17.9. The molecule has 1 atom stereocenters. The van der Waals surface area contributed by atoms with Crippen LogP contribution < -0.4 is 5.32 Å². The van der Waals surface area contributed by atoms with Gasteiger partial charge in [-0.1, -0.05) is 70.1 Å². The van der Waals surface area contributed by atoms with E-state index in [1.165, 1.54) is 32.1 Å². The molecule has 0 saturated carbocycles. The molecule has 0 spiro atoms. The minimum atomic E-state index is -0.408. The van der Waals surface area contributed by atoms with Gasteiger partial charge in [-0.05, 0) is 18.6 Å². The maximum Gasteiger partial charge on any atom is 0.253 e. The van der Waals surface area contributed by atoms with Crippen molar-refractivity contribution in [2.75, 3.05) is 12.4 Å². The number of hydrogen-bond donors (Lipinski definition) is 1. The summed E-state index contributed by atoms with van der Waals surface area (Å²) in [6, 6.07) is 9.69. The Morgan fingerprint density at radius 1 is 1.08 bits per heavy atom. The van der Waals surface area contributed by atoms with Crippen LogP contribution in [0, 0.1) is 0 Å². The van der Waals surface area contributed by atoms with Crippen molar-refractivity contribution in [3.8, 4) is 0 Å². The van der Waals surface area contributed by atoms with Gasteiger partial charge in [-0.25, -0.2) is 0 Å². The lowest BCUT2D eigenvalue weighted by Gasteiger charge is -2.16. The molecule has 0 fully saturated rings. The fourth-order valence-corrected chi connectivity index (χ4v) is 3.06. The summed E-state index contributed by atoms with van der Waals surface area (Å²) in [5.41, 5.74) is 1.55. The van der Waals surface area contributed by atoms with Gasteiger partial charge in [0.2, 0.25) is 0 Å². The van der Waals surface area contributed by atoms with Gasteiger partial charge in [-0.15, -0.1) is 0 Å². The molecule has 1 aromatic carbocycles. The first-order chi connectivity index (χ1) is 12.3. The second kappa shape index (κ2) is 10.8. The molecule has 136 valence electrons. The van der Waals surface area contributed by atoms with E-state index in [1.807, 2.05) is 30.3 Å². The highest BCUT2D eigenvalue weighted by atomic mass is 16.5. The van der Waals surface area contributed by atoms with Crippen LogP contribution in [0.5, 0.6) is 0 Å². The van der Waals surface area contributed by atoms with Gasteiger partial charge in [-0.3, -0.25) is 9.78 Å². The molecular weight excluding hydrogens is 312 g/mol. The molecule has 0 unspecified atom stereocenters. The molecule has 2 rings (SSSR count). The molecule has 1 N–H and O–H groups in total. The van der Waals surface area contributed by atoms with E-state index in [0.717, 1.165) is 35.9 Å². The smallest absolute Gasteiger partial charge is 0.253 e. The lowest BCUT2D eigenvalue weighted by atomic mass is 10.1. The topological polar surface area (TPSA) is 51.2 Å². The molecule has 0 aliphatic carbocycles. The van der Waals surface area contributed by atoms with Gasteiger partial charge in [0.05, 0.1) is 11.2 Å². The predicted molar refractivity (Wildman–Crippen MR) is 104 cm³/mol. The maximum atomic E-state index is 12.5. The zero-order valence-corrected chi connectivity index (χ0v) is 15.5. The zero-order valence-electron chi connectivity index (χ0n) is 15.5. The summed E-state index contributed by atoms with van der Waals surface area (Å²) in [6.45, 7) is 2.23. The number of carbonyl (C=O) groups excluding carboxylic acids is 1. The average Bonchev–Trinajstić information content (AvgIpc) is 2.64. The molecule has 0 aliphatic rings. The van der Waals surface area contributed by atoms with Crippen molar-refractivity contribution in [3.63, 3.8) is 0 Å². The van der Waals surface area contributed by atoms with Crippen LogP contribution in [0.1, 0.15) is 58.3 Å². The SMILES string of the molecule is CCCCCCCCC[C@H](OC)C(=O)Nc1cccc2cccnc12. The number of carbonyl (C=O) groups is 1. The van der Waals surface area contributed by atoms with Crippen molar-refractivity contribution < 1.29 is 9.53 Å². The van der Waals surface area contributed by atoms with E-state index < -0.39 is 6.10 Å². The molecule has 2 aromatic rings. The lowest BCUT2D eigenvalue weighted by Crippen LogP contribution is -2.29. The van der Waals surface area contributed by atoms with E-state index in [2.05, 4.69) is 17.2 Å². The summed E-state index contributed by atoms with van der Waals surface area (Å²) in [5, 5.41) is 3.99. The Labute approximate surface area is 151 Å². The summed E-state index contributed by atoms with van der Waals surface area (Å²) >= 11 is 0. The predicted octanol–water partition coefficient (Wildman–Crippen LogP) is 5.33. The number of nitrogens with zero attached hydrogens (tertiary/aromatic N) is 1. The van der Waals surface area contributed by atoms with Crippen molar-refractivity contribution in [2.24, 2.45) is 0 Å². The molecule has 4 heteroatoms. The van der Waals surface area contributed by atoms with Crippen LogP contribution in [0.3, 0.4) is 0 Å². The first kappa shape index (κ1) is 19.4. The number of aromatic nitrogens is 1. The van der Waals surface area contributed by atoms with Gasteiger partial charge in [0.1, 0.15) is 6.10 Å². The number of rotatable bonds is 11. The van der Waals surface area contributed by atoms with Crippen molar-refractivity contribution in [3.05, 3.63) is 36.5 Å². The highest BCUT2D eigenvalue weighted by molar-refractivity contribution is 6.01. The molecule has 1 amide bonds. The Morgan fingerprint density at radius 2 is 1.80 bits per heavy atom. The Morgan fingerprint density at radius 3 is 2.56 bits per heavy atom. The molecule has 0 aliphatic heterocycles. The van der Waals surface area contributed by atoms with Gasteiger partial charge in [0, 0.05) is 18.7 Å². The van der Waals surface area contributed by atoms with Gasteiger partial charge < -0.3 is 10.1 Å². The summed E-state index contributed by atoms with van der Waals surface area (Å²) in [5.74, 6) is -0.0911. The van der Waals surface area contributed by atoms with Gasteiger partial charge in [0.25, 0.3) is 5.91 Å². The highest BCUT2D eigenvalue weighted by Gasteiger charge is 2.18. The normalized spacial score (nSPS) is 12.2. The van der Waals surface area contributed by atoms with E-state index in [9.17, 15) is 4.79 Å². The van der Waals surface area contributed by atoms with Crippen LogP contribution in [0.4, 0.5) is 5.69 Å². The van der Waals surface area contributed by atoms with Crippen molar-refractivity contribution in [1.29, 1.82) is 0 Å². The van der Waals surface area contributed by atoms with E-state index in [0.29, 0.717) is 0 Å². The number of hydrogen-bond acceptors (Lipinski definition) is 3. The van der Waals surface area contributed by atoms with Crippen molar-refractivity contribution >= 4 is 22.5 Å². The highest BCUT2D eigenvalue weighted by Crippen LogP contribution is 2.21. The number of para-hydroxylation sites is 1. The van der Waals surface area contributed by atoms with Crippen LogP contribution in [0.25, 0.3) is 10.9 Å². The van der Waals surface area contributed by atoms with Crippen molar-refractivity contribution in [2.45, 2.75) is 64.4 Å². The van der Waals surface area contributed by atoms with Crippen LogP contribution in [0.2, 0.25) is 0 Å². The summed E-state index contributed by atoms with van der Waals surface area (Å²) in [6.07, 6.45) is 10.7. The lowest BCUT2D eigenvalue weighted by molar-refractivity contribution is -0.126. The standard InChI is InChI=1S/C21H30N2O2/c1-3-4-5-6-7-8-9-15-19(25-2)21(24)23-18-14-10-12-17-13-11-16-22-20(17)18/h10-14,16,19H,3-9,15H2,1-2H3,(H,23,24)/t19-/m0/s1. The number of benzene rings is 1. The third-order valence-electron chi connectivity index (χ3n) is 4.54. The molecule has 25 heavy (non-hydrogen) atoms. The maximum absolute atomic E-state index is 12.5. The first-order valence-electron chi connectivity index (χ1n) is 9.43. The molecule has 0 saturated heterocycles. The van der Waals surface area contributed by atoms with Gasteiger partial charge >= 0.3 is 0 Å². The average molecular weight is 342 g/mol. The largest absolute Gasteiger partial charge is 0.372 e. The number of amides is 1. The Bertz CT molecular complexity index is 652. The molecule has 1 heterocycles. The van der Waals surface area contributed by atoms with E-state index in [-0.39, 0.29) is 5.91 Å². The third-order valence-corrected chi connectivity index (χ3v) is 4.54. The quantitative estimate of drug-likeness (QED) is 0.562. The van der Waals surface area contributed by atoms with Crippen LogP contribution in [0.15, 0.2) is 36.5 Å². The number of fused-ring (bicyclic) bond motifs is 1. The molecule has 4 nitrogen and oxygen atoms in total. The molecule has 1 aromatic heterocycles. The van der Waals surface area contributed by atoms with Crippen molar-refractivity contribution in [1.82, 2.24) is 4.98 Å². The summed E-state index contributed by atoms with van der Waals surface area (Å²) < 4.78 is 5.41. The second-order valence-corrected chi connectivity index (χ2v) is 6.50. The molecule has 0 bridgehead atoms. The third kappa shape index (κ3) is 6.13. The van der Waals surface area contributed by atoms with E-state index >= 15 is 0 Å². The summed E-state index contributed by atoms with van der Waals surface area (Å²) in [4.78, 5) is 16.9. The molecule has 0 radical (unpaired) electrons. The second-order valence-electron chi connectivity index (χ2n) is 6.50. The summed E-state index contributed by atoms with van der Waals surface area (Å²) in [7, 11) is 1.60. The first-order valence-corrected chi connectivity index (χ1v) is 9.43. The number of methoxy groups -OCH3 is 1. The van der Waals surface area contributed by atoms with E-state index in [1.54, 1.807) is 13.3 Å². The molecular formula is C21H30N2O2. The van der Waals surface area contributed by atoms with Crippen LogP contribution in [-0.4, -0.2) is 24.1 Å². The number of ether oxygens (including phenoxy) is 1. The number of nitrogens with one attached hydrogen (secondary N) is 1. The monoisotopic (exact) mass is 342 g/mol. The fourth-order valence-electron chi connectivity index (χ4n) is 3.06. The van der Waals surface area contributed by atoms with Gasteiger partial charge in [0.15, 0.2) is 0 Å². The Hall–Kier alpha value is -1.94. The van der Waals surface area contributed by atoms with Crippen LogP contribution in [-0.2, 0) is 9.53 Å². The fraction of sp³-hybridized carbons (Fsp3) is 0.524. The number of unbranched alkanes of at least 4 members (excludes halogenated alkanes) is 6. The number of anilines is 1. The minimum absolute atomic E-state index is 0.0911. The Balaban J connectivity index is 1.83. The number of pyridine rings is 1. The minimum Gasteiger partial charge on any atom is -0.372 e. The Kier molecular flexibility index (Phi) is 8.40. The van der Waals surface area contributed by atoms with E-state index in [4.69, 9.17) is 4.74 Å². The van der Waals surface area contributed by atoms with Crippen LogP contribution >= 0.6 is 0 Å².